The van der Waals surface area contributed by atoms with E-state index >= 15 is 0 Å². The summed E-state index contributed by atoms with van der Waals surface area (Å²) >= 11 is 0. The monoisotopic (exact) mass is 571 g/mol. The van der Waals surface area contributed by atoms with Crippen molar-refractivity contribution in [2.24, 2.45) is 7.05 Å². The van der Waals surface area contributed by atoms with Crippen molar-refractivity contribution in [3.8, 4) is 0 Å². The second-order valence-electron chi connectivity index (χ2n) is 10.8. The van der Waals surface area contributed by atoms with Gasteiger partial charge in [-0.05, 0) is 49.8 Å². The number of aromatic nitrogens is 3. The van der Waals surface area contributed by atoms with E-state index < -0.39 is 0 Å². The fraction of sp³-hybridized carbons (Fsp3) is 0.419. The van der Waals surface area contributed by atoms with Crippen LogP contribution in [0.3, 0.4) is 0 Å². The molecule has 2 bridgehead atoms. The predicted octanol–water partition coefficient (Wildman–Crippen LogP) is 1.53. The zero-order chi connectivity index (χ0) is 29.5. The molecular weight excluding hydrogens is 534 g/mol. The molecule has 220 valence electrons. The number of fused-ring (bicyclic) bond motifs is 1. The summed E-state index contributed by atoms with van der Waals surface area (Å²) in [5, 5.41) is 10.5. The lowest BCUT2D eigenvalue weighted by atomic mass is 9.91. The summed E-state index contributed by atoms with van der Waals surface area (Å²) in [6, 6.07) is 14.8. The maximum Gasteiger partial charge on any atom is 0.272 e. The van der Waals surface area contributed by atoms with Crippen LogP contribution in [-0.2, 0) is 35.9 Å². The van der Waals surface area contributed by atoms with Crippen LogP contribution in [-0.4, -0.2) is 87.0 Å². The van der Waals surface area contributed by atoms with Gasteiger partial charge in [-0.15, -0.1) is 0 Å². The van der Waals surface area contributed by atoms with E-state index in [9.17, 15) is 19.2 Å². The average Bonchev–Trinajstić information content (AvgIpc) is 3.34. The first kappa shape index (κ1) is 29.0. The van der Waals surface area contributed by atoms with E-state index in [2.05, 4.69) is 20.7 Å². The van der Waals surface area contributed by atoms with Crippen LogP contribution in [0.4, 0.5) is 0 Å². The maximum atomic E-state index is 13.4. The van der Waals surface area contributed by atoms with Crippen LogP contribution in [0.25, 0.3) is 0 Å². The van der Waals surface area contributed by atoms with Crippen LogP contribution in [0, 0.1) is 0 Å². The normalized spacial score (nSPS) is 18.7. The number of carbonyl (C=O) groups excluding carboxylic acids is 4. The number of nitrogens with one attached hydrogen (secondary N) is 2. The molecule has 0 saturated carbocycles. The van der Waals surface area contributed by atoms with Gasteiger partial charge in [0.1, 0.15) is 5.69 Å². The molecule has 0 fully saturated rings. The molecule has 2 aliphatic rings. The van der Waals surface area contributed by atoms with Crippen LogP contribution in [0.2, 0.25) is 0 Å². The van der Waals surface area contributed by atoms with Gasteiger partial charge in [0.2, 0.25) is 11.8 Å². The molecule has 3 aromatic rings. The molecule has 0 radical (unpaired) electrons. The Morgan fingerprint density at radius 2 is 1.83 bits per heavy atom. The minimum absolute atomic E-state index is 0.0496. The SMILES string of the molecule is Cn1nc2c3c1CCC(C3)NC(=O)CN(CCc1ccccc1)C(=O)CCCN(C(=O)c1ccccn1)CCNC2=O. The van der Waals surface area contributed by atoms with Crippen molar-refractivity contribution in [1.29, 1.82) is 0 Å². The molecule has 1 atom stereocenters. The van der Waals surface area contributed by atoms with Gasteiger partial charge in [-0.25, -0.2) is 0 Å². The fourth-order valence-corrected chi connectivity index (χ4v) is 5.68. The third-order valence-electron chi connectivity index (χ3n) is 7.89. The Kier molecular flexibility index (Phi) is 9.25. The summed E-state index contributed by atoms with van der Waals surface area (Å²) in [5.74, 6) is -0.940. The van der Waals surface area contributed by atoms with Crippen LogP contribution in [0.5, 0.6) is 0 Å². The number of carbonyl (C=O) groups is 4. The molecule has 1 unspecified atom stereocenters. The average molecular weight is 572 g/mol. The Morgan fingerprint density at radius 3 is 2.62 bits per heavy atom. The van der Waals surface area contributed by atoms with Crippen molar-refractivity contribution in [2.75, 3.05) is 32.7 Å². The Morgan fingerprint density at radius 1 is 1.02 bits per heavy atom. The van der Waals surface area contributed by atoms with Gasteiger partial charge in [-0.1, -0.05) is 36.4 Å². The fourth-order valence-electron chi connectivity index (χ4n) is 5.68. The number of amides is 4. The smallest absolute Gasteiger partial charge is 0.272 e. The highest BCUT2D eigenvalue weighted by Crippen LogP contribution is 2.24. The van der Waals surface area contributed by atoms with E-state index in [1.807, 2.05) is 37.4 Å². The van der Waals surface area contributed by atoms with Crippen molar-refractivity contribution >= 4 is 23.6 Å². The molecule has 11 nitrogen and oxygen atoms in total. The summed E-state index contributed by atoms with van der Waals surface area (Å²) in [6.07, 6.45) is 4.67. The Balaban J connectivity index is 1.38. The molecule has 3 heterocycles. The van der Waals surface area contributed by atoms with Crippen molar-refractivity contribution < 1.29 is 19.2 Å². The second-order valence-corrected chi connectivity index (χ2v) is 10.8. The van der Waals surface area contributed by atoms with Gasteiger partial charge in [0.05, 0.1) is 6.54 Å². The molecular formula is C31H37N7O4. The molecule has 11 heteroatoms. The highest BCUT2D eigenvalue weighted by atomic mass is 16.2. The minimum Gasteiger partial charge on any atom is -0.351 e. The van der Waals surface area contributed by atoms with Gasteiger partial charge < -0.3 is 20.4 Å². The standard InChI is InChI=1S/C31H37N7O4/c1-36-26-13-12-23-20-24(26)29(35-36)30(41)33-16-19-37(31(42)25-10-5-6-15-32-25)17-7-11-28(40)38(21-27(39)34-23)18-14-22-8-3-2-4-9-22/h2-6,8-10,15,23H,7,11-14,16-21H2,1H3,(H,33,41)(H,34,39). The zero-order valence-corrected chi connectivity index (χ0v) is 23.9. The van der Waals surface area contributed by atoms with Crippen LogP contribution >= 0.6 is 0 Å². The number of pyridine rings is 1. The molecule has 1 aliphatic heterocycles. The highest BCUT2D eigenvalue weighted by molar-refractivity contribution is 5.94. The van der Waals surface area contributed by atoms with Crippen molar-refractivity contribution in [2.45, 2.75) is 44.6 Å². The molecule has 2 aromatic heterocycles. The number of aryl methyl sites for hydroxylation is 1. The van der Waals surface area contributed by atoms with Crippen molar-refractivity contribution in [3.63, 3.8) is 0 Å². The number of rotatable bonds is 4. The van der Waals surface area contributed by atoms with Gasteiger partial charge in [-0.3, -0.25) is 28.8 Å². The van der Waals surface area contributed by atoms with E-state index in [-0.39, 0.29) is 55.7 Å². The van der Waals surface area contributed by atoms with Crippen molar-refractivity contribution in [1.82, 2.24) is 35.2 Å². The quantitative estimate of drug-likeness (QED) is 0.489. The molecule has 1 aromatic carbocycles. The summed E-state index contributed by atoms with van der Waals surface area (Å²) in [5.41, 5.74) is 3.54. The zero-order valence-electron chi connectivity index (χ0n) is 23.9. The molecule has 2 N–H and O–H groups in total. The Bertz CT molecular complexity index is 1420. The molecule has 5 rings (SSSR count). The van der Waals surface area contributed by atoms with E-state index in [1.165, 1.54) is 0 Å². The van der Waals surface area contributed by atoms with Crippen LogP contribution in [0.15, 0.2) is 54.7 Å². The molecule has 0 saturated heterocycles. The first-order chi connectivity index (χ1) is 20.4. The van der Waals surface area contributed by atoms with Gasteiger partial charge in [-0.2, -0.15) is 5.10 Å². The van der Waals surface area contributed by atoms with E-state index in [4.69, 9.17) is 0 Å². The molecule has 4 amide bonds. The second kappa shape index (κ2) is 13.4. The number of hydrogen-bond acceptors (Lipinski definition) is 6. The van der Waals surface area contributed by atoms with Crippen LogP contribution < -0.4 is 10.6 Å². The predicted molar refractivity (Wildman–Crippen MR) is 156 cm³/mol. The van der Waals surface area contributed by atoms with Crippen LogP contribution in [0.1, 0.15) is 57.1 Å². The Labute approximate surface area is 245 Å². The molecule has 1 aliphatic carbocycles. The third-order valence-corrected chi connectivity index (χ3v) is 7.89. The largest absolute Gasteiger partial charge is 0.351 e. The topological polar surface area (TPSA) is 130 Å². The first-order valence-corrected chi connectivity index (χ1v) is 14.5. The Hall–Kier alpha value is -4.54. The van der Waals surface area contributed by atoms with E-state index in [1.54, 1.807) is 38.9 Å². The van der Waals surface area contributed by atoms with E-state index in [0.29, 0.717) is 50.2 Å². The number of hydrogen-bond donors (Lipinski definition) is 2. The number of benzene rings is 1. The molecule has 42 heavy (non-hydrogen) atoms. The summed E-state index contributed by atoms with van der Waals surface area (Å²) < 4.78 is 1.74. The summed E-state index contributed by atoms with van der Waals surface area (Å²) in [6.45, 7) is 1.14. The van der Waals surface area contributed by atoms with Gasteiger partial charge in [0.15, 0.2) is 5.69 Å². The van der Waals surface area contributed by atoms with Gasteiger partial charge in [0.25, 0.3) is 11.8 Å². The van der Waals surface area contributed by atoms with Gasteiger partial charge in [0, 0.05) is 63.1 Å². The lowest BCUT2D eigenvalue weighted by molar-refractivity contribution is -0.136. The van der Waals surface area contributed by atoms with E-state index in [0.717, 1.165) is 23.2 Å². The van der Waals surface area contributed by atoms with Crippen molar-refractivity contribution in [3.05, 3.63) is 82.9 Å². The minimum atomic E-state index is -0.310. The maximum absolute atomic E-state index is 13.4. The summed E-state index contributed by atoms with van der Waals surface area (Å²) in [4.78, 5) is 60.5. The molecule has 0 spiro atoms. The number of nitrogens with zero attached hydrogens (tertiary/aromatic N) is 5. The van der Waals surface area contributed by atoms with Gasteiger partial charge >= 0.3 is 0 Å². The lowest BCUT2D eigenvalue weighted by Gasteiger charge is -2.27. The lowest BCUT2D eigenvalue weighted by Crippen LogP contribution is -2.46. The summed E-state index contributed by atoms with van der Waals surface area (Å²) in [7, 11) is 1.82. The highest BCUT2D eigenvalue weighted by Gasteiger charge is 2.30. The first-order valence-electron chi connectivity index (χ1n) is 14.5. The third kappa shape index (κ3) is 7.02.